The molecule has 1 rings (SSSR count). The van der Waals surface area contributed by atoms with Gasteiger partial charge in [0.05, 0.1) is 0 Å². The first-order valence-corrected chi connectivity index (χ1v) is 5.85. The monoisotopic (exact) mass is 214 g/mol. The molecule has 4 heteroatoms. The van der Waals surface area contributed by atoms with Crippen LogP contribution in [0.3, 0.4) is 0 Å². The number of likely N-dealkylation sites (N-methyl/N-ethyl adjacent to an activating group) is 1. The molecule has 88 valence electrons. The Morgan fingerprint density at radius 3 is 2.67 bits per heavy atom. The van der Waals surface area contributed by atoms with E-state index in [0.717, 1.165) is 39.0 Å². The molecule has 0 radical (unpaired) electrons. The molecular weight excluding hydrogens is 192 g/mol. The highest BCUT2D eigenvalue weighted by molar-refractivity contribution is 5.78. The number of nitrogens with zero attached hydrogens (tertiary/aromatic N) is 1. The summed E-state index contributed by atoms with van der Waals surface area (Å²) in [6, 6.07) is 0. The zero-order valence-electron chi connectivity index (χ0n) is 9.75. The van der Waals surface area contributed by atoms with E-state index in [9.17, 15) is 9.90 Å². The zero-order chi connectivity index (χ0) is 11.3. The number of aliphatic carboxylic acids is 1. The number of carboxylic acids is 1. The molecule has 1 unspecified atom stereocenters. The molecule has 4 nitrogen and oxygen atoms in total. The van der Waals surface area contributed by atoms with Crippen molar-refractivity contribution in [3.63, 3.8) is 0 Å². The molecule has 0 spiro atoms. The number of carboxylic acid groups (broad SMARTS) is 1. The quantitative estimate of drug-likeness (QED) is 0.731. The minimum atomic E-state index is -0.692. The molecule has 2 N–H and O–H groups in total. The van der Waals surface area contributed by atoms with Crippen molar-refractivity contribution in [2.75, 3.05) is 26.2 Å². The normalized spacial score (nSPS) is 28.7. The molecule has 15 heavy (non-hydrogen) atoms. The van der Waals surface area contributed by atoms with Crippen LogP contribution in [0.25, 0.3) is 0 Å². The molecule has 1 aliphatic heterocycles. The second-order valence-electron chi connectivity index (χ2n) is 4.21. The highest BCUT2D eigenvalue weighted by Gasteiger charge is 2.38. The summed E-state index contributed by atoms with van der Waals surface area (Å²) in [4.78, 5) is 13.7. The third kappa shape index (κ3) is 2.92. The third-order valence-corrected chi connectivity index (χ3v) is 3.30. The van der Waals surface area contributed by atoms with Gasteiger partial charge < -0.3 is 15.3 Å². The second kappa shape index (κ2) is 5.47. The van der Waals surface area contributed by atoms with Crippen molar-refractivity contribution >= 4 is 5.97 Å². The van der Waals surface area contributed by atoms with Gasteiger partial charge in [0.25, 0.3) is 0 Å². The smallest absolute Gasteiger partial charge is 0.323 e. The summed E-state index contributed by atoms with van der Waals surface area (Å²) in [5.41, 5.74) is -0.682. The van der Waals surface area contributed by atoms with E-state index in [2.05, 4.69) is 17.1 Å². The molecular formula is C11H22N2O2. The predicted molar refractivity (Wildman–Crippen MR) is 60.0 cm³/mol. The fourth-order valence-corrected chi connectivity index (χ4v) is 2.31. The minimum Gasteiger partial charge on any atom is -0.480 e. The number of nitrogens with one attached hydrogen (secondary N) is 1. The second-order valence-corrected chi connectivity index (χ2v) is 4.21. The molecule has 1 atom stereocenters. The van der Waals surface area contributed by atoms with Gasteiger partial charge in [-0.25, -0.2) is 0 Å². The fraction of sp³-hybridized carbons (Fsp3) is 0.909. The largest absolute Gasteiger partial charge is 0.480 e. The first-order valence-electron chi connectivity index (χ1n) is 5.85. The summed E-state index contributed by atoms with van der Waals surface area (Å²) in [6.45, 7) is 7.74. The molecule has 1 saturated heterocycles. The van der Waals surface area contributed by atoms with Crippen LogP contribution < -0.4 is 5.32 Å². The van der Waals surface area contributed by atoms with Crippen molar-refractivity contribution in [1.82, 2.24) is 10.2 Å². The van der Waals surface area contributed by atoms with E-state index in [1.807, 2.05) is 6.92 Å². The number of likely N-dealkylation sites (tertiary alicyclic amines) is 1. The number of hydrogen-bond acceptors (Lipinski definition) is 3. The summed E-state index contributed by atoms with van der Waals surface area (Å²) in [7, 11) is 0. The van der Waals surface area contributed by atoms with Gasteiger partial charge in [-0.15, -0.1) is 0 Å². The third-order valence-electron chi connectivity index (χ3n) is 3.30. The SMILES string of the molecule is CCNC1(C(=O)O)CCCN(CC)CC1. The topological polar surface area (TPSA) is 52.6 Å². The van der Waals surface area contributed by atoms with Crippen LogP contribution in [0.15, 0.2) is 0 Å². The summed E-state index contributed by atoms with van der Waals surface area (Å²) in [5.74, 6) is -0.692. The number of carbonyl (C=O) groups is 1. The maximum absolute atomic E-state index is 11.3. The zero-order valence-corrected chi connectivity index (χ0v) is 9.75. The average Bonchev–Trinajstić information content (AvgIpc) is 2.42. The molecule has 1 fully saturated rings. The van der Waals surface area contributed by atoms with Gasteiger partial charge in [-0.1, -0.05) is 13.8 Å². The lowest BCUT2D eigenvalue weighted by Gasteiger charge is -2.29. The Kier molecular flexibility index (Phi) is 4.54. The predicted octanol–water partition coefficient (Wildman–Crippen LogP) is 0.925. The average molecular weight is 214 g/mol. The molecule has 0 aromatic heterocycles. The molecule has 1 aliphatic rings. The lowest BCUT2D eigenvalue weighted by Crippen LogP contribution is -2.52. The van der Waals surface area contributed by atoms with Crippen LogP contribution in [0.1, 0.15) is 33.1 Å². The first kappa shape index (κ1) is 12.5. The van der Waals surface area contributed by atoms with Crippen LogP contribution in [0.4, 0.5) is 0 Å². The highest BCUT2D eigenvalue weighted by Crippen LogP contribution is 2.22. The maximum atomic E-state index is 11.3. The van der Waals surface area contributed by atoms with Crippen molar-refractivity contribution in [3.05, 3.63) is 0 Å². The van der Waals surface area contributed by atoms with E-state index in [0.29, 0.717) is 6.42 Å². The summed E-state index contributed by atoms with van der Waals surface area (Å²) in [6.07, 6.45) is 2.42. The van der Waals surface area contributed by atoms with E-state index in [-0.39, 0.29) is 0 Å². The number of hydrogen-bond donors (Lipinski definition) is 2. The maximum Gasteiger partial charge on any atom is 0.323 e. The summed E-state index contributed by atoms with van der Waals surface area (Å²) < 4.78 is 0. The van der Waals surface area contributed by atoms with Gasteiger partial charge in [-0.3, -0.25) is 4.79 Å². The standard InChI is InChI=1S/C11H22N2O2/c1-3-12-11(10(14)15)6-5-8-13(4-2)9-7-11/h12H,3-9H2,1-2H3,(H,14,15). The molecule has 0 aromatic carbocycles. The van der Waals surface area contributed by atoms with E-state index >= 15 is 0 Å². The van der Waals surface area contributed by atoms with Crippen molar-refractivity contribution in [3.8, 4) is 0 Å². The Morgan fingerprint density at radius 2 is 2.13 bits per heavy atom. The summed E-state index contributed by atoms with van der Waals surface area (Å²) in [5, 5.41) is 12.5. The molecule has 0 bridgehead atoms. The van der Waals surface area contributed by atoms with Gasteiger partial charge in [0.15, 0.2) is 0 Å². The van der Waals surface area contributed by atoms with E-state index in [4.69, 9.17) is 0 Å². The Balaban J connectivity index is 2.68. The van der Waals surface area contributed by atoms with E-state index in [1.54, 1.807) is 0 Å². The fourth-order valence-electron chi connectivity index (χ4n) is 2.31. The van der Waals surface area contributed by atoms with Crippen LogP contribution in [0, 0.1) is 0 Å². The van der Waals surface area contributed by atoms with Crippen molar-refractivity contribution in [1.29, 1.82) is 0 Å². The van der Waals surface area contributed by atoms with E-state index in [1.165, 1.54) is 0 Å². The molecule has 1 heterocycles. The van der Waals surface area contributed by atoms with Gasteiger partial charge in [0, 0.05) is 6.54 Å². The van der Waals surface area contributed by atoms with Crippen LogP contribution >= 0.6 is 0 Å². The summed E-state index contributed by atoms with van der Waals surface area (Å²) >= 11 is 0. The van der Waals surface area contributed by atoms with Crippen LogP contribution in [0.5, 0.6) is 0 Å². The van der Waals surface area contributed by atoms with Crippen molar-refractivity contribution < 1.29 is 9.90 Å². The number of rotatable bonds is 4. The molecule has 0 aliphatic carbocycles. The van der Waals surface area contributed by atoms with Crippen molar-refractivity contribution in [2.45, 2.75) is 38.6 Å². The molecule has 0 amide bonds. The van der Waals surface area contributed by atoms with Gasteiger partial charge in [-0.05, 0) is 38.9 Å². The lowest BCUT2D eigenvalue weighted by molar-refractivity contribution is -0.145. The van der Waals surface area contributed by atoms with Crippen molar-refractivity contribution in [2.24, 2.45) is 0 Å². The Labute approximate surface area is 91.6 Å². The van der Waals surface area contributed by atoms with E-state index < -0.39 is 11.5 Å². The lowest BCUT2D eigenvalue weighted by atomic mass is 9.90. The van der Waals surface area contributed by atoms with Gasteiger partial charge in [0.2, 0.25) is 0 Å². The minimum absolute atomic E-state index is 0.682. The first-order chi connectivity index (χ1) is 7.14. The Bertz CT molecular complexity index is 221. The Morgan fingerprint density at radius 1 is 1.40 bits per heavy atom. The Hall–Kier alpha value is -0.610. The van der Waals surface area contributed by atoms with Crippen LogP contribution in [-0.4, -0.2) is 47.7 Å². The van der Waals surface area contributed by atoms with Crippen LogP contribution in [-0.2, 0) is 4.79 Å². The van der Waals surface area contributed by atoms with Gasteiger partial charge in [-0.2, -0.15) is 0 Å². The molecule has 0 saturated carbocycles. The van der Waals surface area contributed by atoms with Gasteiger partial charge >= 0.3 is 5.97 Å². The van der Waals surface area contributed by atoms with Crippen LogP contribution in [0.2, 0.25) is 0 Å². The van der Waals surface area contributed by atoms with Gasteiger partial charge in [0.1, 0.15) is 5.54 Å². The highest BCUT2D eigenvalue weighted by atomic mass is 16.4. The molecule has 0 aromatic rings.